The van der Waals surface area contributed by atoms with E-state index in [0.29, 0.717) is 6.42 Å². The number of aromatic nitrogens is 1. The van der Waals surface area contributed by atoms with Crippen LogP contribution in [0.25, 0.3) is 0 Å². The Bertz CT molecular complexity index is 298. The second-order valence-corrected chi connectivity index (χ2v) is 4.92. The van der Waals surface area contributed by atoms with Gasteiger partial charge in [0.1, 0.15) is 5.25 Å². The van der Waals surface area contributed by atoms with Gasteiger partial charge in [-0.05, 0) is 13.3 Å². The smallest absolute Gasteiger partial charge is 0.317 e. The van der Waals surface area contributed by atoms with E-state index in [4.69, 9.17) is 5.11 Å². The van der Waals surface area contributed by atoms with Gasteiger partial charge in [-0.15, -0.1) is 11.3 Å². The summed E-state index contributed by atoms with van der Waals surface area (Å²) in [5.74, 6) is -0.764. The molecule has 5 heteroatoms. The van der Waals surface area contributed by atoms with Crippen LogP contribution in [-0.2, 0) is 4.79 Å². The van der Waals surface area contributed by atoms with E-state index in [1.54, 1.807) is 0 Å². The maximum absolute atomic E-state index is 10.7. The summed E-state index contributed by atoms with van der Waals surface area (Å²) in [7, 11) is 0. The number of carboxylic acid groups (broad SMARTS) is 1. The summed E-state index contributed by atoms with van der Waals surface area (Å²) in [5, 5.41) is 10.4. The third-order valence-electron chi connectivity index (χ3n) is 1.49. The molecule has 1 aromatic heterocycles. The normalized spacial score (nSPS) is 12.8. The number of aryl methyl sites for hydroxylation is 1. The molecule has 0 aliphatic heterocycles. The van der Waals surface area contributed by atoms with Crippen molar-refractivity contribution in [2.45, 2.75) is 29.9 Å². The van der Waals surface area contributed by atoms with Gasteiger partial charge >= 0.3 is 5.97 Å². The molecule has 0 fully saturated rings. The zero-order chi connectivity index (χ0) is 9.84. The van der Waals surface area contributed by atoms with Crippen LogP contribution in [0.3, 0.4) is 0 Å². The molecule has 1 atom stereocenters. The van der Waals surface area contributed by atoms with Gasteiger partial charge in [0.25, 0.3) is 0 Å². The largest absolute Gasteiger partial charge is 0.480 e. The van der Waals surface area contributed by atoms with Crippen LogP contribution in [-0.4, -0.2) is 21.3 Å². The minimum absolute atomic E-state index is 0.370. The van der Waals surface area contributed by atoms with E-state index < -0.39 is 5.97 Å². The van der Waals surface area contributed by atoms with Gasteiger partial charge in [-0.2, -0.15) is 0 Å². The SMILES string of the molecule is CC[C@H](Sc1nc(C)cs1)C(=O)O. The van der Waals surface area contributed by atoms with Gasteiger partial charge in [-0.25, -0.2) is 4.98 Å². The Morgan fingerprint density at radius 1 is 1.85 bits per heavy atom. The average molecular weight is 217 g/mol. The fraction of sp³-hybridized carbons (Fsp3) is 0.500. The van der Waals surface area contributed by atoms with Crippen LogP contribution >= 0.6 is 23.1 Å². The van der Waals surface area contributed by atoms with E-state index in [9.17, 15) is 4.79 Å². The van der Waals surface area contributed by atoms with Crippen LogP contribution in [0, 0.1) is 6.92 Å². The van der Waals surface area contributed by atoms with E-state index in [1.807, 2.05) is 19.2 Å². The molecular weight excluding hydrogens is 206 g/mol. The highest BCUT2D eigenvalue weighted by atomic mass is 32.2. The van der Waals surface area contributed by atoms with Crippen LogP contribution in [0.1, 0.15) is 19.0 Å². The first-order valence-electron chi connectivity index (χ1n) is 3.95. The number of thiazole rings is 1. The molecule has 1 rings (SSSR count). The molecule has 0 aromatic carbocycles. The molecule has 13 heavy (non-hydrogen) atoms. The van der Waals surface area contributed by atoms with Crippen molar-refractivity contribution < 1.29 is 9.90 Å². The number of thioether (sulfide) groups is 1. The molecule has 0 amide bonds. The number of rotatable bonds is 4. The van der Waals surface area contributed by atoms with Gasteiger partial charge in [-0.1, -0.05) is 18.7 Å². The van der Waals surface area contributed by atoms with Crippen LogP contribution in [0.4, 0.5) is 0 Å². The summed E-state index contributed by atoms with van der Waals surface area (Å²) < 4.78 is 0.840. The van der Waals surface area contributed by atoms with Gasteiger partial charge in [0.05, 0.1) is 0 Å². The summed E-state index contributed by atoms with van der Waals surface area (Å²) in [5.41, 5.74) is 0.952. The second-order valence-electron chi connectivity index (χ2n) is 2.61. The van der Waals surface area contributed by atoms with Gasteiger partial charge in [0.15, 0.2) is 4.34 Å². The van der Waals surface area contributed by atoms with E-state index in [-0.39, 0.29) is 5.25 Å². The first kappa shape index (κ1) is 10.5. The van der Waals surface area contributed by atoms with E-state index in [2.05, 4.69) is 4.98 Å². The summed E-state index contributed by atoms with van der Waals surface area (Å²) >= 11 is 2.82. The van der Waals surface area contributed by atoms with E-state index in [0.717, 1.165) is 10.0 Å². The molecule has 0 unspecified atom stereocenters. The van der Waals surface area contributed by atoms with Crippen molar-refractivity contribution in [3.63, 3.8) is 0 Å². The van der Waals surface area contributed by atoms with Gasteiger partial charge in [0.2, 0.25) is 0 Å². The molecule has 0 saturated heterocycles. The fourth-order valence-electron chi connectivity index (χ4n) is 0.817. The van der Waals surface area contributed by atoms with Gasteiger partial charge < -0.3 is 5.11 Å². The van der Waals surface area contributed by atoms with Crippen molar-refractivity contribution in [2.75, 3.05) is 0 Å². The number of nitrogens with zero attached hydrogens (tertiary/aromatic N) is 1. The number of carbonyl (C=O) groups is 1. The number of hydrogen-bond donors (Lipinski definition) is 1. The Labute approximate surface area is 85.2 Å². The zero-order valence-corrected chi connectivity index (χ0v) is 9.11. The monoisotopic (exact) mass is 217 g/mol. The van der Waals surface area contributed by atoms with Crippen molar-refractivity contribution >= 4 is 29.1 Å². The molecule has 0 aliphatic carbocycles. The highest BCUT2D eigenvalue weighted by Gasteiger charge is 2.17. The number of aliphatic carboxylic acids is 1. The van der Waals surface area contributed by atoms with Gasteiger partial charge in [0, 0.05) is 11.1 Å². The summed E-state index contributed by atoms with van der Waals surface area (Å²) in [6.07, 6.45) is 0.624. The highest BCUT2D eigenvalue weighted by Crippen LogP contribution is 2.28. The van der Waals surface area contributed by atoms with Crippen LogP contribution in [0.15, 0.2) is 9.72 Å². The van der Waals surface area contributed by atoms with Crippen molar-refractivity contribution in [3.8, 4) is 0 Å². The van der Waals surface area contributed by atoms with Crippen molar-refractivity contribution in [3.05, 3.63) is 11.1 Å². The number of carboxylic acids is 1. The Morgan fingerprint density at radius 2 is 2.54 bits per heavy atom. The Kier molecular flexibility index (Phi) is 3.74. The van der Waals surface area contributed by atoms with Crippen molar-refractivity contribution in [1.82, 2.24) is 4.98 Å². The molecule has 0 bridgehead atoms. The van der Waals surface area contributed by atoms with Crippen LogP contribution in [0.5, 0.6) is 0 Å². The molecule has 0 saturated carbocycles. The molecule has 1 aromatic rings. The third kappa shape index (κ3) is 3.00. The van der Waals surface area contributed by atoms with E-state index >= 15 is 0 Å². The standard InChI is InChI=1S/C8H11NO2S2/c1-3-6(7(10)11)13-8-9-5(2)4-12-8/h4,6H,3H2,1-2H3,(H,10,11)/t6-/m0/s1. The number of hydrogen-bond acceptors (Lipinski definition) is 4. The van der Waals surface area contributed by atoms with E-state index in [1.165, 1.54) is 23.1 Å². The third-order valence-corrected chi connectivity index (χ3v) is 3.93. The fourth-order valence-corrected chi connectivity index (χ4v) is 2.76. The van der Waals surface area contributed by atoms with Crippen LogP contribution < -0.4 is 0 Å². The summed E-state index contributed by atoms with van der Waals surface area (Å²) in [6.45, 7) is 3.77. The molecule has 3 nitrogen and oxygen atoms in total. The molecule has 0 radical (unpaired) electrons. The lowest BCUT2D eigenvalue weighted by Gasteiger charge is -2.05. The predicted molar refractivity (Wildman–Crippen MR) is 54.4 cm³/mol. The quantitative estimate of drug-likeness (QED) is 0.787. The summed E-state index contributed by atoms with van der Waals surface area (Å²) in [4.78, 5) is 14.9. The lowest BCUT2D eigenvalue weighted by atomic mass is 10.3. The molecular formula is C8H11NO2S2. The second kappa shape index (κ2) is 4.62. The first-order valence-corrected chi connectivity index (χ1v) is 5.71. The zero-order valence-electron chi connectivity index (χ0n) is 7.48. The molecule has 72 valence electrons. The predicted octanol–water partition coefficient (Wildman–Crippen LogP) is 2.41. The molecule has 1 N–H and O–H groups in total. The summed E-state index contributed by atoms with van der Waals surface area (Å²) in [6, 6.07) is 0. The average Bonchev–Trinajstić information content (AvgIpc) is 2.46. The first-order chi connectivity index (χ1) is 6.13. The van der Waals surface area contributed by atoms with Crippen molar-refractivity contribution in [2.24, 2.45) is 0 Å². The molecule has 0 aliphatic rings. The maximum Gasteiger partial charge on any atom is 0.317 e. The van der Waals surface area contributed by atoms with Gasteiger partial charge in [-0.3, -0.25) is 4.79 Å². The Balaban J connectivity index is 2.61. The topological polar surface area (TPSA) is 50.2 Å². The lowest BCUT2D eigenvalue weighted by molar-refractivity contribution is -0.136. The minimum Gasteiger partial charge on any atom is -0.480 e. The molecule has 1 heterocycles. The lowest BCUT2D eigenvalue weighted by Crippen LogP contribution is -2.14. The van der Waals surface area contributed by atoms with Crippen molar-refractivity contribution in [1.29, 1.82) is 0 Å². The minimum atomic E-state index is -0.764. The molecule has 0 spiro atoms. The Hall–Kier alpha value is -0.550. The highest BCUT2D eigenvalue weighted by molar-refractivity contribution is 8.02. The van der Waals surface area contributed by atoms with Crippen LogP contribution in [0.2, 0.25) is 0 Å². The Morgan fingerprint density at radius 3 is 2.92 bits per heavy atom. The maximum atomic E-state index is 10.7.